The van der Waals surface area contributed by atoms with Gasteiger partial charge in [-0.05, 0) is 12.1 Å². The molecule has 0 radical (unpaired) electrons. The maximum absolute atomic E-state index is 14.6. The van der Waals surface area contributed by atoms with Crippen molar-refractivity contribution in [2.24, 2.45) is 10.9 Å². The van der Waals surface area contributed by atoms with Crippen LogP contribution in [0.15, 0.2) is 33.7 Å². The number of nitrogens with zero attached hydrogens (tertiary/aromatic N) is 3. The molecule has 3 rings (SSSR count). The van der Waals surface area contributed by atoms with Crippen molar-refractivity contribution < 1.29 is 23.2 Å². The molecule has 0 aliphatic carbocycles. The van der Waals surface area contributed by atoms with Gasteiger partial charge in [-0.25, -0.2) is 4.39 Å². The monoisotopic (exact) mass is 382 g/mol. The van der Waals surface area contributed by atoms with Crippen LogP contribution in [0.4, 0.5) is 15.8 Å². The summed E-state index contributed by atoms with van der Waals surface area (Å²) >= 11 is 0. The van der Waals surface area contributed by atoms with Gasteiger partial charge in [-0.2, -0.15) is 14.6 Å². The number of furan rings is 1. The third-order valence-electron chi connectivity index (χ3n) is 4.37. The highest BCUT2D eigenvalue weighted by Gasteiger charge is 2.41. The summed E-state index contributed by atoms with van der Waals surface area (Å²) in [5, 5.41) is 1.99. The third-order valence-corrected chi connectivity index (χ3v) is 5.19. The van der Waals surface area contributed by atoms with E-state index in [-0.39, 0.29) is 11.3 Å². The maximum atomic E-state index is 14.6. The molecular formula is C17H22FN3O4P+. The largest absolute Gasteiger partial charge is 0.448 e. The van der Waals surface area contributed by atoms with Crippen LogP contribution < -0.4 is 10.1 Å². The minimum atomic E-state index is -4.53. The lowest BCUT2D eigenvalue weighted by Gasteiger charge is -2.36. The topological polar surface area (TPSA) is 86.3 Å². The first-order valence-electron chi connectivity index (χ1n) is 8.16. The summed E-state index contributed by atoms with van der Waals surface area (Å²) in [6.45, 7) is 4.93. The average molecular weight is 382 g/mol. The molecule has 0 fully saturated rings. The summed E-state index contributed by atoms with van der Waals surface area (Å²) in [7, 11) is -0.691. The molecule has 0 spiro atoms. The number of halogens is 1. The van der Waals surface area contributed by atoms with Gasteiger partial charge in [0.25, 0.3) is 0 Å². The number of fused-ring (bicyclic) bond motifs is 1. The molecule has 1 aliphatic rings. The predicted molar refractivity (Wildman–Crippen MR) is 99.1 cm³/mol. The second kappa shape index (κ2) is 6.40. The molecule has 26 heavy (non-hydrogen) atoms. The smallest absolute Gasteiger partial charge is 0.391 e. The van der Waals surface area contributed by atoms with Gasteiger partial charge in [0, 0.05) is 32.1 Å². The van der Waals surface area contributed by atoms with Crippen LogP contribution in [0.3, 0.4) is 0 Å². The summed E-state index contributed by atoms with van der Waals surface area (Å²) in [6, 6.07) is 5.50. The number of hydrogen-bond donors (Lipinski definition) is 2. The molecule has 1 unspecified atom stereocenters. The summed E-state index contributed by atoms with van der Waals surface area (Å²) < 4.78 is 31.5. The summed E-state index contributed by atoms with van der Waals surface area (Å²) in [6.07, 6.45) is 1.77. The second-order valence-corrected chi connectivity index (χ2v) is 8.53. The van der Waals surface area contributed by atoms with E-state index >= 15 is 0 Å². The quantitative estimate of drug-likeness (QED) is 0.613. The van der Waals surface area contributed by atoms with Crippen LogP contribution in [0.25, 0.3) is 11.3 Å². The van der Waals surface area contributed by atoms with Crippen LogP contribution in [-0.4, -0.2) is 41.8 Å². The Bertz CT molecular complexity index is 919. The maximum Gasteiger partial charge on any atom is 0.391 e. The first kappa shape index (κ1) is 18.9. The van der Waals surface area contributed by atoms with Crippen molar-refractivity contribution >= 4 is 30.8 Å². The highest BCUT2D eigenvalue weighted by Crippen LogP contribution is 2.44. The zero-order chi connectivity index (χ0) is 19.3. The van der Waals surface area contributed by atoms with E-state index in [9.17, 15) is 18.7 Å². The fourth-order valence-corrected chi connectivity index (χ4v) is 3.67. The zero-order valence-electron chi connectivity index (χ0n) is 15.0. The second-order valence-electron chi connectivity index (χ2n) is 7.00. The molecule has 2 heterocycles. The standard InChI is InChI=1S/C17H21FN3O4P/c1-11(2)9-21(20(3)4)10-19-14-8-13(18)12(7-15(14)21)16-5-6-17(25-16)26(22,23)24/h5-8,10-11H,9H2,1-4H3,(H-,22,23,24)/p+1. The first-order chi connectivity index (χ1) is 12.0. The lowest BCUT2D eigenvalue weighted by molar-refractivity contribution is 0.111. The summed E-state index contributed by atoms with van der Waals surface area (Å²) in [4.78, 5) is 22.8. The number of rotatable bonds is 5. The first-order valence-corrected chi connectivity index (χ1v) is 9.77. The molecule has 1 aromatic heterocycles. The average Bonchev–Trinajstić information content (AvgIpc) is 3.11. The molecule has 140 valence electrons. The van der Waals surface area contributed by atoms with Crippen LogP contribution in [0, 0.1) is 11.7 Å². The molecule has 7 nitrogen and oxygen atoms in total. The Hall–Kier alpha value is -1.83. The van der Waals surface area contributed by atoms with Crippen molar-refractivity contribution in [3.8, 4) is 11.3 Å². The van der Waals surface area contributed by atoms with Crippen molar-refractivity contribution in [1.29, 1.82) is 0 Å². The van der Waals surface area contributed by atoms with Crippen molar-refractivity contribution in [3.63, 3.8) is 0 Å². The number of benzene rings is 1. The van der Waals surface area contributed by atoms with Gasteiger partial charge in [0.1, 0.15) is 23.8 Å². The molecule has 2 aromatic rings. The Morgan fingerprint density at radius 1 is 1.31 bits per heavy atom. The highest BCUT2D eigenvalue weighted by atomic mass is 31.2. The van der Waals surface area contributed by atoms with Crippen LogP contribution in [0.5, 0.6) is 0 Å². The summed E-state index contributed by atoms with van der Waals surface area (Å²) in [5.41, 5.74) is 0.970. The third kappa shape index (κ3) is 3.15. The van der Waals surface area contributed by atoms with E-state index in [2.05, 4.69) is 18.8 Å². The Labute approximate surface area is 151 Å². The minimum absolute atomic E-state index is 0.0666. The van der Waals surface area contributed by atoms with Crippen LogP contribution in [-0.2, 0) is 4.57 Å². The Balaban J connectivity index is 2.14. The van der Waals surface area contributed by atoms with Gasteiger partial charge in [-0.3, -0.25) is 4.57 Å². The molecule has 0 saturated carbocycles. The number of hydrogen-bond acceptors (Lipinski definition) is 4. The fourth-order valence-electron chi connectivity index (χ4n) is 3.19. The lowest BCUT2D eigenvalue weighted by Crippen LogP contribution is -2.58. The highest BCUT2D eigenvalue weighted by molar-refractivity contribution is 7.59. The van der Waals surface area contributed by atoms with E-state index in [1.165, 1.54) is 18.2 Å². The van der Waals surface area contributed by atoms with Gasteiger partial charge in [0.15, 0.2) is 5.69 Å². The molecule has 0 amide bonds. The van der Waals surface area contributed by atoms with Gasteiger partial charge in [0.2, 0.25) is 11.8 Å². The van der Waals surface area contributed by atoms with Gasteiger partial charge in [-0.1, -0.05) is 13.8 Å². The van der Waals surface area contributed by atoms with E-state index in [0.717, 1.165) is 12.2 Å². The molecule has 9 heteroatoms. The predicted octanol–water partition coefficient (Wildman–Crippen LogP) is 3.00. The van der Waals surface area contributed by atoms with Crippen molar-refractivity contribution in [2.45, 2.75) is 13.8 Å². The molecule has 1 atom stereocenters. The van der Waals surface area contributed by atoms with Gasteiger partial charge in [-0.15, -0.1) is 0 Å². The molecular weight excluding hydrogens is 360 g/mol. The van der Waals surface area contributed by atoms with E-state index in [4.69, 9.17) is 4.42 Å². The van der Waals surface area contributed by atoms with E-state index < -0.39 is 18.9 Å². The van der Waals surface area contributed by atoms with Crippen LogP contribution in [0.2, 0.25) is 0 Å². The fraction of sp³-hybridized carbons (Fsp3) is 0.353. The van der Waals surface area contributed by atoms with Crippen molar-refractivity contribution in [2.75, 3.05) is 20.6 Å². The number of quaternary nitrogens is 1. The minimum Gasteiger partial charge on any atom is -0.448 e. The lowest BCUT2D eigenvalue weighted by atomic mass is 10.1. The SMILES string of the molecule is CC(C)C[N+]1(N(C)C)C=Nc2cc(F)c(-c3ccc(P(=O)(O)O)o3)cc21. The molecule has 2 N–H and O–H groups in total. The Kier molecular flexibility index (Phi) is 4.67. The molecule has 0 saturated heterocycles. The normalized spacial score (nSPS) is 19.6. The molecule has 0 bridgehead atoms. The van der Waals surface area contributed by atoms with E-state index in [0.29, 0.717) is 16.2 Å². The van der Waals surface area contributed by atoms with Gasteiger partial charge in [0.05, 0.1) is 5.56 Å². The Morgan fingerprint density at radius 3 is 2.54 bits per heavy atom. The zero-order valence-corrected chi connectivity index (χ0v) is 15.9. The van der Waals surface area contributed by atoms with E-state index in [1.54, 1.807) is 12.4 Å². The molecule has 1 aromatic carbocycles. The van der Waals surface area contributed by atoms with Crippen LogP contribution in [0.1, 0.15) is 13.8 Å². The molecule has 1 aliphatic heterocycles. The Morgan fingerprint density at radius 2 is 2.00 bits per heavy atom. The van der Waals surface area contributed by atoms with Gasteiger partial charge >= 0.3 is 7.60 Å². The van der Waals surface area contributed by atoms with Crippen molar-refractivity contribution in [3.05, 3.63) is 30.1 Å². The van der Waals surface area contributed by atoms with Gasteiger partial charge < -0.3 is 14.2 Å². The summed E-state index contributed by atoms with van der Waals surface area (Å²) in [5.74, 6) is -0.138. The van der Waals surface area contributed by atoms with E-state index in [1.807, 2.05) is 19.1 Å². The van der Waals surface area contributed by atoms with Crippen LogP contribution >= 0.6 is 7.60 Å². The number of aliphatic imine (C=N–C) groups is 1. The van der Waals surface area contributed by atoms with Crippen molar-refractivity contribution in [1.82, 2.24) is 9.60 Å².